The van der Waals surface area contributed by atoms with Gasteiger partial charge in [-0.05, 0) is 67.3 Å². The molecular weight excluding hydrogens is 355 g/mol. The van der Waals surface area contributed by atoms with E-state index in [-0.39, 0.29) is 12.2 Å². The summed E-state index contributed by atoms with van der Waals surface area (Å²) in [6.07, 6.45) is 2.53. The molecule has 136 valence electrons. The number of aromatic nitrogens is 1. The minimum atomic E-state index is -0.869. The lowest BCUT2D eigenvalue weighted by Gasteiger charge is -2.07. The molecule has 4 N–H and O–H groups in total. The summed E-state index contributed by atoms with van der Waals surface area (Å²) in [6.45, 7) is 0.610. The van der Waals surface area contributed by atoms with Gasteiger partial charge in [0.1, 0.15) is 5.82 Å². The van der Waals surface area contributed by atoms with Gasteiger partial charge in [-0.25, -0.2) is 4.39 Å². The van der Waals surface area contributed by atoms with Crippen molar-refractivity contribution >= 4 is 28.5 Å². The molecule has 0 saturated heterocycles. The van der Waals surface area contributed by atoms with Gasteiger partial charge in [0.15, 0.2) is 0 Å². The van der Waals surface area contributed by atoms with Crippen LogP contribution in [0.4, 0.5) is 4.39 Å². The highest BCUT2D eigenvalue weighted by Crippen LogP contribution is 2.36. The molecule has 0 aliphatic heterocycles. The van der Waals surface area contributed by atoms with E-state index in [0.29, 0.717) is 11.6 Å². The highest BCUT2D eigenvalue weighted by atomic mass is 35.5. The number of aromatic amines is 1. The Kier molecular flexibility index (Phi) is 5.59. The number of nitrogens with two attached hydrogens (primary N) is 1. The van der Waals surface area contributed by atoms with Gasteiger partial charge in [-0.3, -0.25) is 4.79 Å². The number of carboxylic acids is 1. The van der Waals surface area contributed by atoms with Crippen LogP contribution in [-0.4, -0.2) is 22.6 Å². The van der Waals surface area contributed by atoms with Gasteiger partial charge in [-0.1, -0.05) is 17.7 Å². The second kappa shape index (κ2) is 7.89. The summed E-state index contributed by atoms with van der Waals surface area (Å²) in [5.41, 5.74) is 9.87. The number of H-pyrrole nitrogens is 1. The summed E-state index contributed by atoms with van der Waals surface area (Å²) < 4.78 is 13.4. The van der Waals surface area contributed by atoms with Crippen molar-refractivity contribution < 1.29 is 14.3 Å². The first-order valence-electron chi connectivity index (χ1n) is 8.50. The van der Waals surface area contributed by atoms with Gasteiger partial charge >= 0.3 is 5.97 Å². The molecule has 26 heavy (non-hydrogen) atoms. The maximum Gasteiger partial charge on any atom is 0.307 e. The number of carboxylic acid groups (broad SMARTS) is 1. The van der Waals surface area contributed by atoms with Crippen LogP contribution in [0.15, 0.2) is 36.4 Å². The molecule has 2 aromatic carbocycles. The third kappa shape index (κ3) is 3.89. The first-order valence-corrected chi connectivity index (χ1v) is 8.88. The molecule has 0 unspecified atom stereocenters. The third-order valence-corrected chi connectivity index (χ3v) is 4.72. The molecule has 0 spiro atoms. The summed E-state index contributed by atoms with van der Waals surface area (Å²) >= 11 is 6.27. The van der Waals surface area contributed by atoms with Gasteiger partial charge in [0, 0.05) is 16.5 Å². The van der Waals surface area contributed by atoms with Crippen LogP contribution in [0.3, 0.4) is 0 Å². The van der Waals surface area contributed by atoms with E-state index in [0.717, 1.165) is 52.5 Å². The van der Waals surface area contributed by atoms with Crippen molar-refractivity contribution in [1.82, 2.24) is 4.98 Å². The summed E-state index contributed by atoms with van der Waals surface area (Å²) in [7, 11) is 0. The predicted octanol–water partition coefficient (Wildman–Crippen LogP) is 4.54. The van der Waals surface area contributed by atoms with Crippen molar-refractivity contribution in [2.75, 3.05) is 6.54 Å². The van der Waals surface area contributed by atoms with Gasteiger partial charge in [-0.2, -0.15) is 0 Å². The van der Waals surface area contributed by atoms with Crippen molar-refractivity contribution in [3.63, 3.8) is 0 Å². The maximum absolute atomic E-state index is 13.4. The molecule has 3 rings (SSSR count). The number of fused-ring (bicyclic) bond motifs is 1. The molecule has 3 aromatic rings. The normalized spacial score (nSPS) is 11.2. The van der Waals surface area contributed by atoms with E-state index in [1.807, 2.05) is 12.1 Å². The van der Waals surface area contributed by atoms with Crippen LogP contribution in [0.25, 0.3) is 22.2 Å². The lowest BCUT2D eigenvalue weighted by atomic mass is 9.98. The van der Waals surface area contributed by atoms with E-state index in [9.17, 15) is 9.18 Å². The van der Waals surface area contributed by atoms with Crippen LogP contribution in [0.1, 0.15) is 24.0 Å². The summed E-state index contributed by atoms with van der Waals surface area (Å²) in [5.74, 6) is -1.25. The zero-order valence-electron chi connectivity index (χ0n) is 14.2. The number of unbranched alkanes of at least 4 members (excludes halogenated alkanes) is 1. The Morgan fingerprint density at radius 3 is 2.69 bits per heavy atom. The van der Waals surface area contributed by atoms with Crippen molar-refractivity contribution in [2.24, 2.45) is 5.73 Å². The number of carbonyl (C=O) groups is 1. The van der Waals surface area contributed by atoms with Crippen LogP contribution >= 0.6 is 11.6 Å². The smallest absolute Gasteiger partial charge is 0.307 e. The lowest BCUT2D eigenvalue weighted by molar-refractivity contribution is -0.136. The Morgan fingerprint density at radius 1 is 1.19 bits per heavy atom. The van der Waals surface area contributed by atoms with Crippen LogP contribution in [0.2, 0.25) is 5.02 Å². The van der Waals surface area contributed by atoms with Crippen LogP contribution in [-0.2, 0) is 17.6 Å². The first kappa shape index (κ1) is 18.4. The Labute approximate surface area is 155 Å². The Bertz CT molecular complexity index is 952. The van der Waals surface area contributed by atoms with Crippen molar-refractivity contribution in [3.05, 3.63) is 58.4 Å². The molecule has 6 heteroatoms. The molecule has 4 nitrogen and oxygen atoms in total. The van der Waals surface area contributed by atoms with Crippen molar-refractivity contribution in [1.29, 1.82) is 0 Å². The number of benzene rings is 2. The molecule has 0 aliphatic rings. The molecule has 0 radical (unpaired) electrons. The van der Waals surface area contributed by atoms with Gasteiger partial charge in [0.05, 0.1) is 17.1 Å². The van der Waals surface area contributed by atoms with Gasteiger partial charge in [-0.15, -0.1) is 0 Å². The highest BCUT2D eigenvalue weighted by molar-refractivity contribution is 6.33. The fourth-order valence-corrected chi connectivity index (χ4v) is 3.47. The quantitative estimate of drug-likeness (QED) is 0.531. The predicted molar refractivity (Wildman–Crippen MR) is 102 cm³/mol. The van der Waals surface area contributed by atoms with Crippen LogP contribution < -0.4 is 5.73 Å². The van der Waals surface area contributed by atoms with E-state index >= 15 is 0 Å². The zero-order chi connectivity index (χ0) is 18.7. The van der Waals surface area contributed by atoms with E-state index in [1.165, 1.54) is 12.1 Å². The molecule has 1 heterocycles. The maximum atomic E-state index is 13.4. The minimum absolute atomic E-state index is 0.0317. The standard InChI is InChI=1S/C20H20ClFN2O2/c21-17-11-13(22)5-6-15(17)20-14(3-1-2-8-23)16-9-12(10-19(25)26)4-7-18(16)24-20/h4-7,9,11,24H,1-3,8,10,23H2,(H,25,26). The van der Waals surface area contributed by atoms with E-state index in [1.54, 1.807) is 12.1 Å². The average Bonchev–Trinajstić information content (AvgIpc) is 2.92. The average molecular weight is 375 g/mol. The Hall–Kier alpha value is -2.37. The van der Waals surface area contributed by atoms with Crippen molar-refractivity contribution in [3.8, 4) is 11.3 Å². The van der Waals surface area contributed by atoms with E-state index in [2.05, 4.69) is 4.98 Å². The number of nitrogens with one attached hydrogen (secondary N) is 1. The van der Waals surface area contributed by atoms with Gasteiger partial charge < -0.3 is 15.8 Å². The number of halogens is 2. The van der Waals surface area contributed by atoms with E-state index < -0.39 is 5.97 Å². The monoisotopic (exact) mass is 374 g/mol. The molecule has 0 fully saturated rings. The first-order chi connectivity index (χ1) is 12.5. The molecule has 1 aromatic heterocycles. The molecule has 0 amide bonds. The lowest BCUT2D eigenvalue weighted by Crippen LogP contribution is -2.00. The molecule has 0 atom stereocenters. The van der Waals surface area contributed by atoms with Crippen LogP contribution in [0, 0.1) is 5.82 Å². The largest absolute Gasteiger partial charge is 0.481 e. The second-order valence-corrected chi connectivity index (χ2v) is 6.71. The number of hydrogen-bond acceptors (Lipinski definition) is 2. The number of rotatable bonds is 7. The Morgan fingerprint density at radius 2 is 2.00 bits per heavy atom. The number of aliphatic carboxylic acids is 1. The summed E-state index contributed by atoms with van der Waals surface area (Å²) in [5, 5.41) is 10.4. The summed E-state index contributed by atoms with van der Waals surface area (Å²) in [6, 6.07) is 9.91. The third-order valence-electron chi connectivity index (χ3n) is 4.41. The molecule has 0 aliphatic carbocycles. The summed E-state index contributed by atoms with van der Waals surface area (Å²) in [4.78, 5) is 14.4. The Balaban J connectivity index is 2.13. The fourth-order valence-electron chi connectivity index (χ4n) is 3.21. The molecule has 0 bridgehead atoms. The van der Waals surface area contributed by atoms with Crippen LogP contribution in [0.5, 0.6) is 0 Å². The zero-order valence-corrected chi connectivity index (χ0v) is 14.9. The highest BCUT2D eigenvalue weighted by Gasteiger charge is 2.16. The van der Waals surface area contributed by atoms with Gasteiger partial charge in [0.25, 0.3) is 0 Å². The number of hydrogen-bond donors (Lipinski definition) is 3. The van der Waals surface area contributed by atoms with Gasteiger partial charge in [0.2, 0.25) is 0 Å². The number of aryl methyl sites for hydroxylation is 1. The fraction of sp³-hybridized carbons (Fsp3) is 0.250. The molecule has 0 saturated carbocycles. The molecular formula is C20H20ClFN2O2. The minimum Gasteiger partial charge on any atom is -0.481 e. The van der Waals surface area contributed by atoms with Crippen molar-refractivity contribution in [2.45, 2.75) is 25.7 Å². The topological polar surface area (TPSA) is 79.1 Å². The van der Waals surface area contributed by atoms with E-state index in [4.69, 9.17) is 22.4 Å². The SMILES string of the molecule is NCCCCc1c(-c2ccc(F)cc2Cl)[nH]c2ccc(CC(=O)O)cc12. The second-order valence-electron chi connectivity index (χ2n) is 6.30.